The third kappa shape index (κ3) is 4.95. The maximum Gasteiger partial charge on any atom is 0.429 e. The Morgan fingerprint density at radius 1 is 0.806 bits per heavy atom. The SMILES string of the molecule is Cc1ccc(-c2ccc(C(F)(F)Oc3ccc(C4CCC(C)CC4)cc3)c(F)c2)cc1. The van der Waals surface area contributed by atoms with Gasteiger partial charge in [-0.15, -0.1) is 0 Å². The largest absolute Gasteiger partial charge is 0.429 e. The Balaban J connectivity index is 1.48. The molecule has 0 atom stereocenters. The van der Waals surface area contributed by atoms with Crippen LogP contribution in [0.2, 0.25) is 0 Å². The zero-order chi connectivity index (χ0) is 22.0. The lowest BCUT2D eigenvalue weighted by atomic mass is 9.79. The second-order valence-corrected chi connectivity index (χ2v) is 8.71. The fraction of sp³-hybridized carbons (Fsp3) is 0.333. The van der Waals surface area contributed by atoms with E-state index < -0.39 is 17.5 Å². The molecule has 0 bridgehead atoms. The minimum absolute atomic E-state index is 0.0277. The van der Waals surface area contributed by atoms with Crippen molar-refractivity contribution >= 4 is 0 Å². The van der Waals surface area contributed by atoms with Gasteiger partial charge in [-0.25, -0.2) is 4.39 Å². The number of alkyl halides is 2. The highest BCUT2D eigenvalue weighted by atomic mass is 19.3. The molecule has 1 nitrogen and oxygen atoms in total. The minimum atomic E-state index is -3.77. The van der Waals surface area contributed by atoms with Crippen LogP contribution < -0.4 is 4.74 Å². The van der Waals surface area contributed by atoms with Crippen molar-refractivity contribution in [1.29, 1.82) is 0 Å². The Bertz CT molecular complexity index is 1020. The van der Waals surface area contributed by atoms with Crippen LogP contribution in [-0.2, 0) is 6.11 Å². The van der Waals surface area contributed by atoms with Crippen LogP contribution >= 0.6 is 0 Å². The Hall–Kier alpha value is -2.75. The van der Waals surface area contributed by atoms with Gasteiger partial charge in [0, 0.05) is 0 Å². The molecular weight excluding hydrogens is 397 g/mol. The number of hydrogen-bond donors (Lipinski definition) is 0. The molecule has 0 N–H and O–H groups in total. The zero-order valence-corrected chi connectivity index (χ0v) is 17.9. The summed E-state index contributed by atoms with van der Waals surface area (Å²) < 4.78 is 49.0. The number of rotatable bonds is 5. The van der Waals surface area contributed by atoms with Crippen LogP contribution in [0.4, 0.5) is 13.2 Å². The lowest BCUT2D eigenvalue weighted by molar-refractivity contribution is -0.187. The molecule has 0 aliphatic heterocycles. The maximum absolute atomic E-state index is 14.7. The van der Waals surface area contributed by atoms with Crippen molar-refractivity contribution in [1.82, 2.24) is 0 Å². The minimum Gasteiger partial charge on any atom is -0.429 e. The molecule has 4 rings (SSSR count). The van der Waals surface area contributed by atoms with E-state index >= 15 is 0 Å². The Morgan fingerprint density at radius 3 is 2.03 bits per heavy atom. The van der Waals surface area contributed by atoms with Gasteiger partial charge in [-0.3, -0.25) is 0 Å². The van der Waals surface area contributed by atoms with Crippen LogP contribution in [-0.4, -0.2) is 0 Å². The van der Waals surface area contributed by atoms with Crippen LogP contribution in [0.1, 0.15) is 55.2 Å². The van der Waals surface area contributed by atoms with Crippen molar-refractivity contribution < 1.29 is 17.9 Å². The Labute approximate surface area is 181 Å². The first kappa shape index (κ1) is 21.5. The normalized spacial score (nSPS) is 19.3. The van der Waals surface area contributed by atoms with Crippen molar-refractivity contribution in [2.45, 2.75) is 51.6 Å². The van der Waals surface area contributed by atoms with Gasteiger partial charge >= 0.3 is 6.11 Å². The highest BCUT2D eigenvalue weighted by Gasteiger charge is 2.37. The molecule has 0 amide bonds. The Morgan fingerprint density at radius 2 is 1.42 bits per heavy atom. The lowest BCUT2D eigenvalue weighted by Crippen LogP contribution is -2.23. The number of benzene rings is 3. The molecule has 0 spiro atoms. The standard InChI is InChI=1S/C27H27F3O/c1-18-3-7-20(8-4-18)21-11-14-24(15-12-21)31-27(29,30)25-16-13-23(17-26(25)28)22-9-5-19(2)6-10-22/h5-6,9-18,20H,3-4,7-8H2,1-2H3. The molecule has 1 fully saturated rings. The lowest BCUT2D eigenvalue weighted by Gasteiger charge is -2.26. The molecule has 4 heteroatoms. The van der Waals surface area contributed by atoms with Gasteiger partial charge in [0.15, 0.2) is 0 Å². The highest BCUT2D eigenvalue weighted by Crippen LogP contribution is 2.38. The summed E-state index contributed by atoms with van der Waals surface area (Å²) in [6.07, 6.45) is 0.863. The van der Waals surface area contributed by atoms with E-state index in [-0.39, 0.29) is 5.75 Å². The van der Waals surface area contributed by atoms with Crippen LogP contribution in [0.15, 0.2) is 66.7 Å². The number of halogens is 3. The van der Waals surface area contributed by atoms with Crippen LogP contribution in [0.25, 0.3) is 11.1 Å². The van der Waals surface area contributed by atoms with Gasteiger partial charge in [0.05, 0.1) is 5.56 Å². The summed E-state index contributed by atoms with van der Waals surface area (Å²) in [6.45, 7) is 4.22. The first-order valence-corrected chi connectivity index (χ1v) is 10.9. The van der Waals surface area contributed by atoms with E-state index in [0.717, 1.165) is 47.6 Å². The molecule has 1 aliphatic rings. The summed E-state index contributed by atoms with van der Waals surface area (Å²) in [4.78, 5) is 0. The molecule has 162 valence electrons. The highest BCUT2D eigenvalue weighted by molar-refractivity contribution is 5.64. The van der Waals surface area contributed by atoms with Crippen LogP contribution in [0, 0.1) is 18.7 Å². The number of aryl methyl sites for hydroxylation is 1. The van der Waals surface area contributed by atoms with Crippen LogP contribution in [0.5, 0.6) is 5.75 Å². The molecule has 1 saturated carbocycles. The molecule has 3 aromatic rings. The molecule has 0 heterocycles. The third-order valence-electron chi connectivity index (χ3n) is 6.28. The summed E-state index contributed by atoms with van der Waals surface area (Å²) in [6, 6.07) is 18.0. The van der Waals surface area contributed by atoms with Gasteiger partial charge in [-0.1, -0.05) is 67.8 Å². The molecule has 1 aliphatic carbocycles. The van der Waals surface area contributed by atoms with E-state index in [1.807, 2.05) is 43.3 Å². The van der Waals surface area contributed by atoms with Crippen molar-refractivity contribution in [3.8, 4) is 16.9 Å². The summed E-state index contributed by atoms with van der Waals surface area (Å²) in [5.74, 6) is 0.262. The quantitative estimate of drug-likeness (QED) is 0.401. The van der Waals surface area contributed by atoms with E-state index in [1.165, 1.54) is 18.9 Å². The molecule has 0 radical (unpaired) electrons. The molecule has 3 aromatic carbocycles. The van der Waals surface area contributed by atoms with Crippen molar-refractivity contribution in [3.05, 3.63) is 89.2 Å². The van der Waals surface area contributed by atoms with E-state index in [2.05, 4.69) is 6.92 Å². The van der Waals surface area contributed by atoms with Crippen molar-refractivity contribution in [2.24, 2.45) is 5.92 Å². The first-order chi connectivity index (χ1) is 14.8. The van der Waals surface area contributed by atoms with Gasteiger partial charge in [0.1, 0.15) is 11.6 Å². The Kier molecular flexibility index (Phi) is 6.08. The average molecular weight is 425 g/mol. The second kappa shape index (κ2) is 8.78. The first-order valence-electron chi connectivity index (χ1n) is 10.9. The number of ether oxygens (including phenoxy) is 1. The molecular formula is C27H27F3O. The van der Waals surface area contributed by atoms with Crippen LogP contribution in [0.3, 0.4) is 0 Å². The fourth-order valence-electron chi connectivity index (χ4n) is 4.28. The van der Waals surface area contributed by atoms with Gasteiger partial charge in [-0.05, 0) is 72.6 Å². The van der Waals surface area contributed by atoms with E-state index in [1.54, 1.807) is 12.1 Å². The van der Waals surface area contributed by atoms with Gasteiger partial charge in [-0.2, -0.15) is 8.78 Å². The van der Waals surface area contributed by atoms with Crippen molar-refractivity contribution in [3.63, 3.8) is 0 Å². The molecule has 0 aromatic heterocycles. The molecule has 0 unspecified atom stereocenters. The summed E-state index contributed by atoms with van der Waals surface area (Å²) in [5, 5.41) is 0. The van der Waals surface area contributed by atoms with E-state index in [4.69, 9.17) is 4.74 Å². The summed E-state index contributed by atoms with van der Waals surface area (Å²) >= 11 is 0. The predicted molar refractivity (Wildman–Crippen MR) is 118 cm³/mol. The van der Waals surface area contributed by atoms with E-state index in [0.29, 0.717) is 11.5 Å². The smallest absolute Gasteiger partial charge is 0.429 e. The maximum atomic E-state index is 14.7. The van der Waals surface area contributed by atoms with Crippen molar-refractivity contribution in [2.75, 3.05) is 0 Å². The van der Waals surface area contributed by atoms with Gasteiger partial charge in [0.2, 0.25) is 0 Å². The third-order valence-corrected chi connectivity index (χ3v) is 6.28. The van der Waals surface area contributed by atoms with E-state index in [9.17, 15) is 13.2 Å². The fourth-order valence-corrected chi connectivity index (χ4v) is 4.28. The number of hydrogen-bond acceptors (Lipinski definition) is 1. The molecule has 31 heavy (non-hydrogen) atoms. The zero-order valence-electron chi connectivity index (χ0n) is 17.9. The summed E-state index contributed by atoms with van der Waals surface area (Å²) in [7, 11) is 0. The molecule has 0 saturated heterocycles. The monoisotopic (exact) mass is 424 g/mol. The van der Waals surface area contributed by atoms with Gasteiger partial charge < -0.3 is 4.74 Å². The topological polar surface area (TPSA) is 9.23 Å². The van der Waals surface area contributed by atoms with Gasteiger partial charge in [0.25, 0.3) is 0 Å². The second-order valence-electron chi connectivity index (χ2n) is 8.71. The predicted octanol–water partition coefficient (Wildman–Crippen LogP) is 8.22. The summed E-state index contributed by atoms with van der Waals surface area (Å²) in [5.41, 5.74) is 2.77. The average Bonchev–Trinajstić information content (AvgIpc) is 2.75.